The third-order valence-electron chi connectivity index (χ3n) is 3.58. The predicted molar refractivity (Wildman–Crippen MR) is 101 cm³/mol. The molecule has 7 heteroatoms. The van der Waals surface area contributed by atoms with Gasteiger partial charge in [-0.05, 0) is 42.8 Å². The summed E-state index contributed by atoms with van der Waals surface area (Å²) in [5.41, 5.74) is 1.01. The van der Waals surface area contributed by atoms with Crippen LogP contribution in [0.5, 0.6) is 11.5 Å². The van der Waals surface area contributed by atoms with Gasteiger partial charge in [0.2, 0.25) is 5.91 Å². The molecule has 2 N–H and O–H groups in total. The van der Waals surface area contributed by atoms with Gasteiger partial charge < -0.3 is 20.1 Å². The van der Waals surface area contributed by atoms with Gasteiger partial charge in [0.1, 0.15) is 11.5 Å². The zero-order valence-corrected chi connectivity index (χ0v) is 15.0. The first-order chi connectivity index (χ1) is 13.1. The molecule has 0 saturated heterocycles. The Bertz CT molecular complexity index is 813. The lowest BCUT2D eigenvalue weighted by Crippen LogP contribution is -2.32. The zero-order chi connectivity index (χ0) is 19.5. The minimum Gasteiger partial charge on any atom is -0.497 e. The van der Waals surface area contributed by atoms with Crippen molar-refractivity contribution in [3.63, 3.8) is 0 Å². The third kappa shape index (κ3) is 6.71. The molecule has 2 aromatic carbocycles. The van der Waals surface area contributed by atoms with Crippen molar-refractivity contribution < 1.29 is 19.1 Å². The topological polar surface area (TPSA) is 100 Å². The number of nitrogens with zero attached hydrogens (tertiary/aromatic N) is 1. The first kappa shape index (κ1) is 19.8. The molecule has 0 radical (unpaired) electrons. The summed E-state index contributed by atoms with van der Waals surface area (Å²) >= 11 is 0. The molecular formula is C20H21N3O4. The molecule has 0 aliphatic heterocycles. The molecule has 7 nitrogen and oxygen atoms in total. The minimum absolute atomic E-state index is 0.155. The van der Waals surface area contributed by atoms with Gasteiger partial charge in [-0.1, -0.05) is 6.07 Å². The van der Waals surface area contributed by atoms with Gasteiger partial charge >= 0.3 is 0 Å². The largest absolute Gasteiger partial charge is 0.497 e. The molecule has 2 aromatic rings. The summed E-state index contributed by atoms with van der Waals surface area (Å²) in [6.07, 6.45) is 1.08. The van der Waals surface area contributed by atoms with E-state index in [9.17, 15) is 9.59 Å². The molecule has 140 valence electrons. The van der Waals surface area contributed by atoms with Crippen molar-refractivity contribution in [1.82, 2.24) is 5.32 Å². The normalized spacial score (nSPS) is 9.78. The summed E-state index contributed by atoms with van der Waals surface area (Å²) in [5, 5.41) is 13.8. The van der Waals surface area contributed by atoms with Crippen molar-refractivity contribution in [3.05, 3.63) is 54.1 Å². The van der Waals surface area contributed by atoms with E-state index in [1.54, 1.807) is 55.6 Å². The Balaban J connectivity index is 1.81. The molecule has 0 aliphatic carbocycles. The summed E-state index contributed by atoms with van der Waals surface area (Å²) < 4.78 is 10.6. The average molecular weight is 367 g/mol. The summed E-state index contributed by atoms with van der Waals surface area (Å²) in [6.45, 7) is 0.279. The number of carbonyl (C=O) groups is 2. The van der Waals surface area contributed by atoms with Crippen LogP contribution >= 0.6 is 0 Å². The summed E-state index contributed by atoms with van der Waals surface area (Å²) in [7, 11) is 1.55. The number of nitriles is 1. The Labute approximate surface area is 157 Å². The first-order valence-corrected chi connectivity index (χ1v) is 8.44. The van der Waals surface area contributed by atoms with Gasteiger partial charge in [-0.15, -0.1) is 0 Å². The molecule has 0 aromatic heterocycles. The average Bonchev–Trinajstić information content (AvgIpc) is 2.70. The van der Waals surface area contributed by atoms with E-state index in [0.717, 1.165) is 0 Å². The van der Waals surface area contributed by atoms with E-state index in [4.69, 9.17) is 14.7 Å². The second-order valence-corrected chi connectivity index (χ2v) is 5.60. The number of anilines is 1. The Kier molecular flexibility index (Phi) is 7.67. The quantitative estimate of drug-likeness (QED) is 0.664. The Morgan fingerprint density at radius 2 is 1.89 bits per heavy atom. The number of hydrogen-bond donors (Lipinski definition) is 2. The van der Waals surface area contributed by atoms with Crippen molar-refractivity contribution >= 4 is 17.5 Å². The standard InChI is InChI=1S/C20H21N3O4/c1-26-17-9-7-15(8-10-17)20(25)22-14-19(24)23-16-5-4-6-18(13-16)27-12-3-2-11-21/h4-10,13H,2-3,12,14H2,1H3,(H,22,25)(H,23,24). The second kappa shape index (κ2) is 10.5. The van der Waals surface area contributed by atoms with E-state index in [-0.39, 0.29) is 18.4 Å². The third-order valence-corrected chi connectivity index (χ3v) is 3.58. The molecule has 0 spiro atoms. The fourth-order valence-electron chi connectivity index (χ4n) is 2.22. The van der Waals surface area contributed by atoms with Crippen molar-refractivity contribution in [2.45, 2.75) is 12.8 Å². The molecular weight excluding hydrogens is 346 g/mol. The van der Waals surface area contributed by atoms with Gasteiger partial charge in [-0.3, -0.25) is 9.59 Å². The van der Waals surface area contributed by atoms with Crippen LogP contribution in [0.3, 0.4) is 0 Å². The van der Waals surface area contributed by atoms with Crippen LogP contribution < -0.4 is 20.1 Å². The summed E-state index contributed by atoms with van der Waals surface area (Å²) in [6, 6.07) is 15.6. The monoisotopic (exact) mass is 367 g/mol. The SMILES string of the molecule is COc1ccc(C(=O)NCC(=O)Nc2cccc(OCCCC#N)c2)cc1. The number of rotatable bonds is 9. The molecule has 0 heterocycles. The van der Waals surface area contributed by atoms with Gasteiger partial charge in [-0.2, -0.15) is 5.26 Å². The Morgan fingerprint density at radius 1 is 1.11 bits per heavy atom. The lowest BCUT2D eigenvalue weighted by atomic mass is 10.2. The van der Waals surface area contributed by atoms with Gasteiger partial charge in [0.25, 0.3) is 5.91 Å². The number of amides is 2. The maximum absolute atomic E-state index is 12.1. The predicted octanol–water partition coefficient (Wildman–Crippen LogP) is 2.75. The van der Waals surface area contributed by atoms with Crippen LogP contribution in [0.1, 0.15) is 23.2 Å². The maximum Gasteiger partial charge on any atom is 0.251 e. The fourth-order valence-corrected chi connectivity index (χ4v) is 2.22. The number of nitrogens with one attached hydrogen (secondary N) is 2. The highest BCUT2D eigenvalue weighted by Gasteiger charge is 2.09. The van der Waals surface area contributed by atoms with Crippen LogP contribution in [0, 0.1) is 11.3 Å². The van der Waals surface area contributed by atoms with E-state index >= 15 is 0 Å². The number of benzene rings is 2. The van der Waals surface area contributed by atoms with Crippen molar-refractivity contribution in [3.8, 4) is 17.6 Å². The molecule has 0 bridgehead atoms. The van der Waals surface area contributed by atoms with Crippen LogP contribution in [0.4, 0.5) is 5.69 Å². The molecule has 2 rings (SSSR count). The number of methoxy groups -OCH3 is 1. The van der Waals surface area contributed by atoms with E-state index < -0.39 is 0 Å². The smallest absolute Gasteiger partial charge is 0.251 e. The molecule has 2 amide bonds. The van der Waals surface area contributed by atoms with Gasteiger partial charge in [-0.25, -0.2) is 0 Å². The van der Waals surface area contributed by atoms with Crippen LogP contribution in [0.25, 0.3) is 0 Å². The lowest BCUT2D eigenvalue weighted by molar-refractivity contribution is -0.115. The van der Waals surface area contributed by atoms with Gasteiger partial charge in [0.05, 0.1) is 26.3 Å². The van der Waals surface area contributed by atoms with Crippen LogP contribution in [0.2, 0.25) is 0 Å². The van der Waals surface area contributed by atoms with Crippen molar-refractivity contribution in [1.29, 1.82) is 5.26 Å². The van der Waals surface area contributed by atoms with Gasteiger partial charge in [0.15, 0.2) is 0 Å². The highest BCUT2D eigenvalue weighted by Crippen LogP contribution is 2.17. The van der Waals surface area contributed by atoms with E-state index in [2.05, 4.69) is 16.7 Å². The Morgan fingerprint density at radius 3 is 2.59 bits per heavy atom. The Hall–Kier alpha value is -3.53. The first-order valence-electron chi connectivity index (χ1n) is 8.44. The summed E-state index contributed by atoms with van der Waals surface area (Å²) in [5.74, 6) is 0.563. The van der Waals surface area contributed by atoms with Crippen LogP contribution in [-0.2, 0) is 4.79 Å². The molecule has 27 heavy (non-hydrogen) atoms. The number of ether oxygens (including phenoxy) is 2. The molecule has 0 saturated carbocycles. The second-order valence-electron chi connectivity index (χ2n) is 5.60. The summed E-state index contributed by atoms with van der Waals surface area (Å²) in [4.78, 5) is 24.1. The van der Waals surface area contributed by atoms with Gasteiger partial charge in [0, 0.05) is 23.7 Å². The van der Waals surface area contributed by atoms with E-state index in [1.165, 1.54) is 0 Å². The molecule has 0 aliphatic rings. The van der Waals surface area contributed by atoms with E-state index in [1.807, 2.05) is 0 Å². The fraction of sp³-hybridized carbons (Fsp3) is 0.250. The van der Waals surface area contributed by atoms with E-state index in [0.29, 0.717) is 42.2 Å². The minimum atomic E-state index is -0.349. The zero-order valence-electron chi connectivity index (χ0n) is 15.0. The van der Waals surface area contributed by atoms with Crippen molar-refractivity contribution in [2.24, 2.45) is 0 Å². The lowest BCUT2D eigenvalue weighted by Gasteiger charge is -2.09. The van der Waals surface area contributed by atoms with Crippen molar-refractivity contribution in [2.75, 3.05) is 25.6 Å². The van der Waals surface area contributed by atoms with Crippen LogP contribution in [0.15, 0.2) is 48.5 Å². The number of carbonyl (C=O) groups excluding carboxylic acids is 2. The molecule has 0 unspecified atom stereocenters. The highest BCUT2D eigenvalue weighted by atomic mass is 16.5. The molecule has 0 atom stereocenters. The highest BCUT2D eigenvalue weighted by molar-refractivity contribution is 5.99. The number of hydrogen-bond acceptors (Lipinski definition) is 5. The molecule has 0 fully saturated rings. The maximum atomic E-state index is 12.1. The van der Waals surface area contributed by atoms with Crippen LogP contribution in [-0.4, -0.2) is 32.1 Å². The number of unbranched alkanes of at least 4 members (excludes halogenated alkanes) is 1.